The van der Waals surface area contributed by atoms with Gasteiger partial charge in [0.1, 0.15) is 0 Å². The topological polar surface area (TPSA) is 47.6 Å². The van der Waals surface area contributed by atoms with Gasteiger partial charge in [0.25, 0.3) is 0 Å². The molecule has 0 N–H and O–H groups in total. The van der Waals surface area contributed by atoms with Gasteiger partial charge in [0.15, 0.2) is 0 Å². The molecule has 0 spiro atoms. The van der Waals surface area contributed by atoms with E-state index in [1.54, 1.807) is 0 Å². The Morgan fingerprint density at radius 2 is 0.816 bits per heavy atom. The van der Waals surface area contributed by atoms with E-state index in [4.69, 9.17) is 10.5 Å². The number of aryl methyl sites for hydroxylation is 2. The predicted molar refractivity (Wildman–Crippen MR) is 164 cm³/mol. The number of thiophene rings is 4. The van der Waals surface area contributed by atoms with Gasteiger partial charge in [-0.25, -0.2) is 0 Å². The van der Waals surface area contributed by atoms with E-state index in [-0.39, 0.29) is 0 Å². The van der Waals surface area contributed by atoms with Gasteiger partial charge in [-0.15, -0.1) is 45.3 Å². The lowest BCUT2D eigenvalue weighted by molar-refractivity contribution is 1.48. The van der Waals surface area contributed by atoms with Gasteiger partial charge in [0, 0.05) is 39.0 Å². The summed E-state index contributed by atoms with van der Waals surface area (Å²) in [6.07, 6.45) is 0. The molecule has 0 unspecified atom stereocenters. The first kappa shape index (κ1) is 24.6. The van der Waals surface area contributed by atoms with E-state index in [2.05, 4.69) is 62.4 Å². The minimum absolute atomic E-state index is 0.684. The lowest BCUT2D eigenvalue weighted by Gasteiger charge is -1.97. The molecular weight excluding hydrogens is 541 g/mol. The molecule has 0 radical (unpaired) electrons. The van der Waals surface area contributed by atoms with Crippen LogP contribution in [0, 0.1) is 36.5 Å². The molecule has 6 rings (SSSR count). The molecule has 0 aliphatic carbocycles. The molecule has 6 aromatic rings. The summed E-state index contributed by atoms with van der Waals surface area (Å²) < 4.78 is 0. The minimum Gasteiger partial charge on any atom is -0.192 e. The minimum atomic E-state index is 0.684. The van der Waals surface area contributed by atoms with Crippen molar-refractivity contribution in [3.8, 4) is 62.3 Å². The monoisotopic (exact) mass is 560 g/mol. The highest BCUT2D eigenvalue weighted by atomic mass is 32.1. The number of hydrogen-bond acceptors (Lipinski definition) is 6. The van der Waals surface area contributed by atoms with E-state index in [9.17, 15) is 0 Å². The molecule has 182 valence electrons. The van der Waals surface area contributed by atoms with E-state index in [1.807, 2.05) is 93.9 Å². The smallest absolute Gasteiger partial charge is 0.0991 e. The van der Waals surface area contributed by atoms with Crippen LogP contribution in [0.5, 0.6) is 0 Å². The maximum absolute atomic E-state index is 9.08. The van der Waals surface area contributed by atoms with Crippen molar-refractivity contribution in [1.29, 1.82) is 10.5 Å². The first-order valence-corrected chi connectivity index (χ1v) is 15.2. The van der Waals surface area contributed by atoms with Crippen LogP contribution in [0.4, 0.5) is 0 Å². The molecular formula is C32H20N2S4. The fourth-order valence-electron chi connectivity index (χ4n) is 4.34. The zero-order chi connectivity index (χ0) is 26.2. The molecule has 4 heterocycles. The number of hydrogen-bond donors (Lipinski definition) is 0. The molecule has 0 fully saturated rings. The van der Waals surface area contributed by atoms with Gasteiger partial charge < -0.3 is 0 Å². The van der Waals surface area contributed by atoms with E-state index in [0.717, 1.165) is 11.1 Å². The number of rotatable bonds is 5. The van der Waals surface area contributed by atoms with Crippen molar-refractivity contribution < 1.29 is 0 Å². The zero-order valence-electron chi connectivity index (χ0n) is 20.6. The highest BCUT2D eigenvalue weighted by Crippen LogP contribution is 2.46. The SMILES string of the molecule is Cc1cc(-c2ccc(C#N)cc2)sc1-c1ccc(-c2ccc(-c3sc(-c4ccc(C#N)cc4)cc3C)s2)s1. The molecule has 6 heteroatoms. The second kappa shape index (κ2) is 10.2. The summed E-state index contributed by atoms with van der Waals surface area (Å²) in [7, 11) is 0. The van der Waals surface area contributed by atoms with Gasteiger partial charge in [0.2, 0.25) is 0 Å². The highest BCUT2D eigenvalue weighted by Gasteiger charge is 2.16. The van der Waals surface area contributed by atoms with Crippen LogP contribution in [0.1, 0.15) is 22.3 Å². The average molecular weight is 561 g/mol. The Balaban J connectivity index is 1.26. The zero-order valence-corrected chi connectivity index (χ0v) is 23.9. The van der Waals surface area contributed by atoms with Crippen molar-refractivity contribution in [3.63, 3.8) is 0 Å². The largest absolute Gasteiger partial charge is 0.192 e. The molecule has 0 atom stereocenters. The van der Waals surface area contributed by atoms with Crippen LogP contribution in [0.15, 0.2) is 84.9 Å². The molecule has 0 aliphatic rings. The Morgan fingerprint density at radius 3 is 1.18 bits per heavy atom. The van der Waals surface area contributed by atoms with Crippen molar-refractivity contribution in [2.24, 2.45) is 0 Å². The van der Waals surface area contributed by atoms with Crippen LogP contribution in [-0.2, 0) is 0 Å². The van der Waals surface area contributed by atoms with Crippen molar-refractivity contribution in [2.75, 3.05) is 0 Å². The third-order valence-electron chi connectivity index (χ3n) is 6.34. The number of nitriles is 2. The van der Waals surface area contributed by atoms with E-state index in [0.29, 0.717) is 11.1 Å². The van der Waals surface area contributed by atoms with E-state index >= 15 is 0 Å². The van der Waals surface area contributed by atoms with Crippen LogP contribution >= 0.6 is 45.3 Å². The van der Waals surface area contributed by atoms with Crippen LogP contribution < -0.4 is 0 Å². The molecule has 4 aromatic heterocycles. The summed E-state index contributed by atoms with van der Waals surface area (Å²) in [6.45, 7) is 4.35. The summed E-state index contributed by atoms with van der Waals surface area (Å²) >= 11 is 7.30. The molecule has 0 amide bonds. The van der Waals surface area contributed by atoms with Crippen LogP contribution in [0.25, 0.3) is 50.1 Å². The second-order valence-electron chi connectivity index (χ2n) is 8.95. The third kappa shape index (κ3) is 4.65. The average Bonchev–Trinajstić information content (AvgIpc) is 3.75. The summed E-state index contributed by atoms with van der Waals surface area (Å²) in [6, 6.07) is 33.4. The summed E-state index contributed by atoms with van der Waals surface area (Å²) in [5.41, 5.74) is 6.22. The van der Waals surface area contributed by atoms with Crippen molar-refractivity contribution in [1.82, 2.24) is 0 Å². The van der Waals surface area contributed by atoms with E-state index in [1.165, 1.54) is 50.1 Å². The van der Waals surface area contributed by atoms with Crippen LogP contribution in [0.3, 0.4) is 0 Å². The Hall–Kier alpha value is -3.78. The Labute approximate surface area is 238 Å². The van der Waals surface area contributed by atoms with Crippen molar-refractivity contribution in [2.45, 2.75) is 13.8 Å². The Bertz CT molecular complexity index is 1710. The summed E-state index contributed by atoms with van der Waals surface area (Å²) in [5.74, 6) is 0. The first-order chi connectivity index (χ1) is 18.5. The Morgan fingerprint density at radius 1 is 0.447 bits per heavy atom. The second-order valence-corrected chi connectivity index (χ2v) is 13.2. The van der Waals surface area contributed by atoms with Gasteiger partial charge in [-0.3, -0.25) is 0 Å². The van der Waals surface area contributed by atoms with Gasteiger partial charge in [-0.05, 0) is 96.8 Å². The van der Waals surface area contributed by atoms with Crippen LogP contribution in [0.2, 0.25) is 0 Å². The molecule has 0 saturated heterocycles. The van der Waals surface area contributed by atoms with Crippen LogP contribution in [-0.4, -0.2) is 0 Å². The van der Waals surface area contributed by atoms with Crippen molar-refractivity contribution in [3.05, 3.63) is 107 Å². The van der Waals surface area contributed by atoms with Gasteiger partial charge >= 0.3 is 0 Å². The molecule has 0 saturated carbocycles. The highest BCUT2D eigenvalue weighted by molar-refractivity contribution is 7.29. The van der Waals surface area contributed by atoms with Gasteiger partial charge in [-0.2, -0.15) is 10.5 Å². The van der Waals surface area contributed by atoms with Gasteiger partial charge in [-0.1, -0.05) is 24.3 Å². The Kier molecular flexibility index (Phi) is 6.57. The molecule has 0 bridgehead atoms. The third-order valence-corrected chi connectivity index (χ3v) is 11.6. The number of nitrogens with zero attached hydrogens (tertiary/aromatic N) is 2. The predicted octanol–water partition coefficient (Wildman–Crippen LogP) is 10.6. The normalized spacial score (nSPS) is 10.8. The summed E-state index contributed by atoms with van der Waals surface area (Å²) in [4.78, 5) is 10.2. The van der Waals surface area contributed by atoms with Crippen molar-refractivity contribution >= 4 is 45.3 Å². The lowest BCUT2D eigenvalue weighted by Crippen LogP contribution is -1.74. The molecule has 2 aromatic carbocycles. The molecule has 0 aliphatic heterocycles. The standard InChI is InChI=1S/C32H20N2S4/c1-19-15-29(23-7-3-21(17-33)4-8-23)37-31(19)27-13-11-25(35-27)26-12-14-28(36-26)32-20(2)16-30(38-32)24-9-5-22(18-34)6-10-24/h3-16H,1-2H3. The fraction of sp³-hybridized carbons (Fsp3) is 0.0625. The maximum Gasteiger partial charge on any atom is 0.0991 e. The quantitative estimate of drug-likeness (QED) is 0.210. The number of benzene rings is 2. The van der Waals surface area contributed by atoms with Gasteiger partial charge in [0.05, 0.1) is 23.3 Å². The summed E-state index contributed by atoms with van der Waals surface area (Å²) in [5, 5.41) is 18.2. The molecule has 2 nitrogen and oxygen atoms in total. The lowest BCUT2D eigenvalue weighted by atomic mass is 10.1. The maximum atomic E-state index is 9.08. The first-order valence-electron chi connectivity index (χ1n) is 11.9. The fourth-order valence-corrected chi connectivity index (χ4v) is 9.15. The molecule has 38 heavy (non-hydrogen) atoms. The van der Waals surface area contributed by atoms with E-state index < -0.39 is 0 Å².